The van der Waals surface area contributed by atoms with Crippen LogP contribution in [0, 0.1) is 12.3 Å². The number of aryl methyl sites for hydroxylation is 1. The minimum Gasteiger partial charge on any atom is -0.339 e. The fraction of sp³-hybridized carbons (Fsp3) is 0.292. The van der Waals surface area contributed by atoms with Crippen molar-refractivity contribution in [1.29, 1.82) is 5.41 Å². The van der Waals surface area contributed by atoms with Crippen LogP contribution in [0.15, 0.2) is 47.4 Å². The lowest BCUT2D eigenvalue weighted by atomic mass is 10.1. The molecule has 4 rings (SSSR count). The Labute approximate surface area is 186 Å². The van der Waals surface area contributed by atoms with Crippen molar-refractivity contribution in [2.75, 3.05) is 18.5 Å². The minimum atomic E-state index is -0.227. The highest BCUT2D eigenvalue weighted by Crippen LogP contribution is 2.21. The molecule has 0 spiro atoms. The van der Waals surface area contributed by atoms with E-state index in [0.717, 1.165) is 28.6 Å². The monoisotopic (exact) mass is 429 g/mol. The summed E-state index contributed by atoms with van der Waals surface area (Å²) in [5.41, 5.74) is 2.98. The van der Waals surface area contributed by atoms with Crippen LogP contribution >= 0.6 is 0 Å². The summed E-state index contributed by atoms with van der Waals surface area (Å²) >= 11 is 0. The fourth-order valence-corrected chi connectivity index (χ4v) is 3.88. The number of aromatic nitrogens is 5. The quantitative estimate of drug-likeness (QED) is 0.451. The average molecular weight is 430 g/mol. The first-order chi connectivity index (χ1) is 15.4. The molecule has 0 bridgehead atoms. The molecule has 8 nitrogen and oxygen atoms in total. The van der Waals surface area contributed by atoms with Crippen LogP contribution in [0.5, 0.6) is 0 Å². The van der Waals surface area contributed by atoms with Gasteiger partial charge in [0.2, 0.25) is 5.95 Å². The third-order valence-corrected chi connectivity index (χ3v) is 5.23. The van der Waals surface area contributed by atoms with Crippen LogP contribution in [0.1, 0.15) is 31.7 Å². The van der Waals surface area contributed by atoms with Gasteiger partial charge in [0, 0.05) is 30.0 Å². The normalized spacial score (nSPS) is 11.6. The lowest BCUT2D eigenvalue weighted by Crippen LogP contribution is -2.27. The maximum absolute atomic E-state index is 13.5. The van der Waals surface area contributed by atoms with Crippen LogP contribution in [0.2, 0.25) is 0 Å². The number of imidazole rings is 1. The van der Waals surface area contributed by atoms with E-state index in [1.54, 1.807) is 17.7 Å². The molecule has 0 saturated carbocycles. The molecule has 1 aromatic carbocycles. The zero-order valence-corrected chi connectivity index (χ0v) is 18.8. The highest BCUT2D eigenvalue weighted by atomic mass is 16.1. The van der Waals surface area contributed by atoms with E-state index in [-0.39, 0.29) is 12.1 Å². The summed E-state index contributed by atoms with van der Waals surface area (Å²) in [5.74, 6) is 0.604. The number of anilines is 1. The second-order valence-electron chi connectivity index (χ2n) is 7.98. The Bertz CT molecular complexity index is 1400. The largest absolute Gasteiger partial charge is 0.339 e. The molecule has 0 saturated heterocycles. The molecule has 8 heteroatoms. The van der Waals surface area contributed by atoms with Gasteiger partial charge in [0.1, 0.15) is 11.0 Å². The van der Waals surface area contributed by atoms with Crippen molar-refractivity contribution in [2.24, 2.45) is 0 Å². The zero-order chi connectivity index (χ0) is 22.8. The molecule has 0 fully saturated rings. The summed E-state index contributed by atoms with van der Waals surface area (Å²) in [5, 5.41) is 14.3. The summed E-state index contributed by atoms with van der Waals surface area (Å²) in [7, 11) is 1.87. The number of fused-ring (bicyclic) bond motifs is 2. The Balaban J connectivity index is 1.86. The predicted molar refractivity (Wildman–Crippen MR) is 130 cm³/mol. The number of hydrogen-bond acceptors (Lipinski definition) is 6. The van der Waals surface area contributed by atoms with E-state index in [4.69, 9.17) is 5.41 Å². The van der Waals surface area contributed by atoms with Crippen LogP contribution in [0.25, 0.3) is 28.0 Å². The number of nitrogens with zero attached hydrogens (tertiary/aromatic N) is 6. The second kappa shape index (κ2) is 8.74. The molecule has 0 unspecified atom stereocenters. The predicted octanol–water partition coefficient (Wildman–Crippen LogP) is 3.85. The number of nitrogens with one attached hydrogen (secondary N) is 1. The second-order valence-corrected chi connectivity index (χ2v) is 7.98. The van der Waals surface area contributed by atoms with Gasteiger partial charge < -0.3 is 10.3 Å². The van der Waals surface area contributed by atoms with E-state index >= 15 is 0 Å². The van der Waals surface area contributed by atoms with Crippen molar-refractivity contribution in [3.8, 4) is 0 Å². The molecule has 0 aliphatic heterocycles. The van der Waals surface area contributed by atoms with Gasteiger partial charge in [0.25, 0.3) is 5.56 Å². The molecule has 0 amide bonds. The van der Waals surface area contributed by atoms with Crippen molar-refractivity contribution >= 4 is 39.7 Å². The molecule has 164 valence electrons. The number of benzene rings is 1. The number of allylic oxidation sites excluding steroid dienone is 1. The van der Waals surface area contributed by atoms with E-state index in [0.29, 0.717) is 29.2 Å². The molecule has 0 radical (unpaired) electrons. The topological polar surface area (TPSA) is 92.7 Å². The molecule has 0 aliphatic carbocycles. The van der Waals surface area contributed by atoms with Crippen LogP contribution < -0.4 is 10.5 Å². The Hall–Kier alpha value is -3.81. The first kappa shape index (κ1) is 21.4. The van der Waals surface area contributed by atoms with Gasteiger partial charge in [-0.2, -0.15) is 5.10 Å². The van der Waals surface area contributed by atoms with Crippen molar-refractivity contribution in [2.45, 2.75) is 33.7 Å². The van der Waals surface area contributed by atoms with Gasteiger partial charge in [-0.15, -0.1) is 0 Å². The third kappa shape index (κ3) is 4.03. The number of hydrogen-bond donors (Lipinski definition) is 1. The lowest BCUT2D eigenvalue weighted by Gasteiger charge is -2.17. The summed E-state index contributed by atoms with van der Waals surface area (Å²) in [6.45, 7) is 6.43. The Morgan fingerprint density at radius 3 is 2.78 bits per heavy atom. The summed E-state index contributed by atoms with van der Waals surface area (Å²) in [4.78, 5) is 24.7. The van der Waals surface area contributed by atoms with E-state index < -0.39 is 0 Å². The van der Waals surface area contributed by atoms with E-state index in [9.17, 15) is 4.79 Å². The van der Waals surface area contributed by atoms with Crippen molar-refractivity contribution in [3.63, 3.8) is 0 Å². The Morgan fingerprint density at radius 1 is 1.25 bits per heavy atom. The van der Waals surface area contributed by atoms with Crippen LogP contribution in [-0.2, 0) is 6.54 Å². The molecule has 4 aromatic rings. The van der Waals surface area contributed by atoms with Gasteiger partial charge >= 0.3 is 0 Å². The van der Waals surface area contributed by atoms with E-state index in [1.807, 2.05) is 68.4 Å². The maximum atomic E-state index is 13.5. The van der Waals surface area contributed by atoms with E-state index in [2.05, 4.69) is 15.1 Å². The van der Waals surface area contributed by atoms with Gasteiger partial charge in [-0.3, -0.25) is 14.3 Å². The molecular weight excluding hydrogens is 402 g/mol. The maximum Gasteiger partial charge on any atom is 0.293 e. The highest BCUT2D eigenvalue weighted by molar-refractivity contribution is 5.86. The smallest absolute Gasteiger partial charge is 0.293 e. The van der Waals surface area contributed by atoms with Gasteiger partial charge in [-0.05, 0) is 31.7 Å². The summed E-state index contributed by atoms with van der Waals surface area (Å²) in [6, 6.07) is 10.1. The van der Waals surface area contributed by atoms with Gasteiger partial charge in [0.15, 0.2) is 0 Å². The molecule has 1 N–H and O–H groups in total. The lowest BCUT2D eigenvalue weighted by molar-refractivity contribution is 0.636. The minimum absolute atomic E-state index is 0.227. The van der Waals surface area contributed by atoms with Gasteiger partial charge in [-0.1, -0.05) is 37.3 Å². The number of rotatable bonds is 7. The Morgan fingerprint density at radius 2 is 2.03 bits per heavy atom. The van der Waals surface area contributed by atoms with Crippen molar-refractivity contribution < 1.29 is 0 Å². The SMILES string of the molecule is CC/C=C/n1c(N(C)CC(C)=N)nc2cnn(Cc3nc(C)cc4ccccc34)c(=O)c21. The molecule has 0 aliphatic rings. The summed E-state index contributed by atoms with van der Waals surface area (Å²) in [6.07, 6.45) is 6.30. The van der Waals surface area contributed by atoms with Crippen LogP contribution in [0.4, 0.5) is 5.95 Å². The fourth-order valence-electron chi connectivity index (χ4n) is 3.88. The first-order valence-electron chi connectivity index (χ1n) is 10.6. The van der Waals surface area contributed by atoms with Crippen molar-refractivity contribution in [3.05, 3.63) is 64.3 Å². The number of pyridine rings is 1. The van der Waals surface area contributed by atoms with Crippen LogP contribution in [-0.4, -0.2) is 43.6 Å². The van der Waals surface area contributed by atoms with Gasteiger partial charge in [0.05, 0.1) is 25.0 Å². The third-order valence-electron chi connectivity index (χ3n) is 5.23. The molecule has 3 aromatic heterocycles. The highest BCUT2D eigenvalue weighted by Gasteiger charge is 2.18. The zero-order valence-electron chi connectivity index (χ0n) is 18.8. The van der Waals surface area contributed by atoms with Crippen molar-refractivity contribution in [1.82, 2.24) is 24.3 Å². The standard InChI is InChI=1S/C24H27N7O/c1-5-6-11-30-22-20(28-24(30)29(4)14-16(2)25)13-26-31(23(22)32)15-21-19-10-8-7-9-18(19)12-17(3)27-21/h6-13,25H,5,14-15H2,1-4H3/b11-6+,25-16?. The summed E-state index contributed by atoms with van der Waals surface area (Å²) < 4.78 is 3.24. The average Bonchev–Trinajstić information content (AvgIpc) is 3.13. The Kier molecular flexibility index (Phi) is 5.85. The van der Waals surface area contributed by atoms with E-state index in [1.165, 1.54) is 4.68 Å². The first-order valence-corrected chi connectivity index (χ1v) is 10.6. The van der Waals surface area contributed by atoms with Gasteiger partial charge in [-0.25, -0.2) is 9.67 Å². The molecule has 0 atom stereocenters. The molecule has 3 heterocycles. The molecular formula is C24H27N7O. The molecule has 32 heavy (non-hydrogen) atoms. The van der Waals surface area contributed by atoms with Crippen LogP contribution in [0.3, 0.4) is 0 Å².